The van der Waals surface area contributed by atoms with Gasteiger partial charge < -0.3 is 4.74 Å². The third-order valence-corrected chi connectivity index (χ3v) is 6.17. The summed E-state index contributed by atoms with van der Waals surface area (Å²) in [6.07, 6.45) is 1.27. The predicted molar refractivity (Wildman–Crippen MR) is 65.8 cm³/mol. The Balaban J connectivity index is 1.80. The van der Waals surface area contributed by atoms with Gasteiger partial charge in [-0.3, -0.25) is 4.79 Å². The van der Waals surface area contributed by atoms with E-state index in [1.807, 2.05) is 0 Å². The lowest BCUT2D eigenvalue weighted by Gasteiger charge is -2.35. The maximum absolute atomic E-state index is 15.1. The standard InChI is InChI=1S/C16H14F2O2/c17-16(18)11-7-8-6-10(11)13-12(8)14(19)20-15(13,16)9-4-2-1-3-5-9/h1-5,8,10-13H,6-7H2/t8?,10?,11?,12?,13?,15-/m0/s1. The zero-order valence-corrected chi connectivity index (χ0v) is 10.8. The van der Waals surface area contributed by atoms with E-state index in [-0.39, 0.29) is 23.7 Å². The summed E-state index contributed by atoms with van der Waals surface area (Å²) in [7, 11) is 0. The van der Waals surface area contributed by atoms with E-state index in [9.17, 15) is 4.79 Å². The Labute approximate surface area is 115 Å². The Morgan fingerprint density at radius 3 is 2.65 bits per heavy atom. The van der Waals surface area contributed by atoms with Crippen molar-refractivity contribution >= 4 is 5.97 Å². The van der Waals surface area contributed by atoms with Crippen LogP contribution in [0, 0.1) is 29.6 Å². The van der Waals surface area contributed by atoms with E-state index in [1.165, 1.54) is 0 Å². The highest BCUT2D eigenvalue weighted by atomic mass is 19.3. The number of alkyl halides is 2. The summed E-state index contributed by atoms with van der Waals surface area (Å²) in [5, 5.41) is 0. The van der Waals surface area contributed by atoms with E-state index in [0.717, 1.165) is 6.42 Å². The van der Waals surface area contributed by atoms with Crippen molar-refractivity contribution < 1.29 is 18.3 Å². The van der Waals surface area contributed by atoms with Crippen LogP contribution in [0.2, 0.25) is 0 Å². The molecule has 20 heavy (non-hydrogen) atoms. The largest absolute Gasteiger partial charge is 0.447 e. The van der Waals surface area contributed by atoms with Crippen molar-refractivity contribution in [1.29, 1.82) is 0 Å². The maximum Gasteiger partial charge on any atom is 0.310 e. The number of halogens is 2. The Hall–Kier alpha value is -1.45. The number of carbonyl (C=O) groups excluding carboxylic acids is 1. The van der Waals surface area contributed by atoms with Gasteiger partial charge in [0.1, 0.15) is 0 Å². The van der Waals surface area contributed by atoms with Gasteiger partial charge in [-0.1, -0.05) is 30.3 Å². The van der Waals surface area contributed by atoms with E-state index in [2.05, 4.69) is 0 Å². The first kappa shape index (κ1) is 11.2. The Morgan fingerprint density at radius 2 is 1.90 bits per heavy atom. The molecule has 5 rings (SSSR count). The molecule has 2 bridgehead atoms. The first-order chi connectivity index (χ1) is 9.57. The molecule has 1 aromatic rings. The number of ether oxygens (including phenoxy) is 1. The molecule has 104 valence electrons. The molecule has 3 aliphatic carbocycles. The average Bonchev–Trinajstić information content (AvgIpc) is 3.11. The van der Waals surface area contributed by atoms with E-state index < -0.39 is 23.4 Å². The van der Waals surface area contributed by atoms with Crippen molar-refractivity contribution in [2.24, 2.45) is 29.6 Å². The minimum Gasteiger partial charge on any atom is -0.447 e. The number of esters is 1. The molecule has 0 aromatic heterocycles. The fraction of sp³-hybridized carbons (Fsp3) is 0.562. The highest BCUT2D eigenvalue weighted by Crippen LogP contribution is 2.77. The quantitative estimate of drug-likeness (QED) is 0.737. The van der Waals surface area contributed by atoms with Gasteiger partial charge in [0.15, 0.2) is 0 Å². The van der Waals surface area contributed by atoms with Crippen LogP contribution in [0.1, 0.15) is 18.4 Å². The second kappa shape index (κ2) is 3.07. The summed E-state index contributed by atoms with van der Waals surface area (Å²) in [6.45, 7) is 0. The third-order valence-electron chi connectivity index (χ3n) is 6.17. The van der Waals surface area contributed by atoms with Gasteiger partial charge in [-0.05, 0) is 24.7 Å². The number of carbonyl (C=O) groups is 1. The minimum atomic E-state index is -2.95. The fourth-order valence-corrected chi connectivity index (χ4v) is 5.66. The highest BCUT2D eigenvalue weighted by molar-refractivity contribution is 5.79. The first-order valence-corrected chi connectivity index (χ1v) is 7.23. The van der Waals surface area contributed by atoms with Crippen molar-refractivity contribution in [3.05, 3.63) is 35.9 Å². The van der Waals surface area contributed by atoms with Gasteiger partial charge in [0, 0.05) is 17.4 Å². The second-order valence-corrected chi connectivity index (χ2v) is 6.70. The van der Waals surface area contributed by atoms with Crippen molar-refractivity contribution in [2.45, 2.75) is 24.4 Å². The maximum atomic E-state index is 15.1. The molecule has 5 unspecified atom stereocenters. The Kier molecular flexibility index (Phi) is 1.73. The molecule has 0 radical (unpaired) electrons. The molecule has 0 spiro atoms. The van der Waals surface area contributed by atoms with Gasteiger partial charge in [-0.15, -0.1) is 0 Å². The molecule has 1 heterocycles. The van der Waals surface area contributed by atoms with Crippen molar-refractivity contribution in [1.82, 2.24) is 0 Å². The normalized spacial score (nSPS) is 49.7. The number of fused-ring (bicyclic) bond motifs is 2. The van der Waals surface area contributed by atoms with E-state index >= 15 is 8.78 Å². The second-order valence-electron chi connectivity index (χ2n) is 6.70. The molecule has 3 saturated carbocycles. The van der Waals surface area contributed by atoms with E-state index in [0.29, 0.717) is 12.0 Å². The van der Waals surface area contributed by atoms with E-state index in [1.54, 1.807) is 30.3 Å². The summed E-state index contributed by atoms with van der Waals surface area (Å²) < 4.78 is 35.6. The lowest BCUT2D eigenvalue weighted by atomic mass is 9.76. The number of rotatable bonds is 1. The van der Waals surface area contributed by atoms with Gasteiger partial charge in [-0.2, -0.15) is 0 Å². The van der Waals surface area contributed by atoms with Gasteiger partial charge in [0.25, 0.3) is 5.92 Å². The highest BCUT2D eigenvalue weighted by Gasteiger charge is 2.85. The fourth-order valence-electron chi connectivity index (χ4n) is 5.66. The molecular weight excluding hydrogens is 262 g/mol. The molecule has 0 amide bonds. The Morgan fingerprint density at radius 1 is 1.15 bits per heavy atom. The van der Waals surface area contributed by atoms with Crippen LogP contribution in [0.4, 0.5) is 8.78 Å². The molecule has 0 N–H and O–H groups in total. The van der Waals surface area contributed by atoms with Crippen LogP contribution >= 0.6 is 0 Å². The van der Waals surface area contributed by atoms with Crippen molar-refractivity contribution in [3.63, 3.8) is 0 Å². The third kappa shape index (κ3) is 0.904. The average molecular weight is 276 g/mol. The summed E-state index contributed by atoms with van der Waals surface area (Å²) in [4.78, 5) is 12.2. The van der Waals surface area contributed by atoms with Gasteiger partial charge in [0.2, 0.25) is 5.60 Å². The van der Waals surface area contributed by atoms with Crippen LogP contribution in [0.5, 0.6) is 0 Å². The first-order valence-electron chi connectivity index (χ1n) is 7.23. The molecular formula is C16H14F2O2. The molecule has 4 fully saturated rings. The summed E-state index contributed by atoms with van der Waals surface area (Å²) >= 11 is 0. The SMILES string of the molecule is O=C1O[C@@]2(c3ccccc3)C3C4CC(CC4C2(F)F)C13. The predicted octanol–water partition coefficient (Wildman–Crippen LogP) is 2.98. The van der Waals surface area contributed by atoms with Crippen molar-refractivity contribution in [3.8, 4) is 0 Å². The van der Waals surface area contributed by atoms with Crippen LogP contribution < -0.4 is 0 Å². The molecule has 6 atom stereocenters. The lowest BCUT2D eigenvalue weighted by Crippen LogP contribution is -2.46. The molecule has 1 aromatic carbocycles. The van der Waals surface area contributed by atoms with Gasteiger partial charge >= 0.3 is 5.97 Å². The summed E-state index contributed by atoms with van der Waals surface area (Å²) in [6, 6.07) is 8.65. The van der Waals surface area contributed by atoms with Crippen LogP contribution in [-0.2, 0) is 15.1 Å². The van der Waals surface area contributed by atoms with Gasteiger partial charge in [-0.25, -0.2) is 8.78 Å². The monoisotopic (exact) mass is 276 g/mol. The molecule has 4 heteroatoms. The van der Waals surface area contributed by atoms with Crippen LogP contribution in [0.3, 0.4) is 0 Å². The molecule has 2 nitrogen and oxygen atoms in total. The lowest BCUT2D eigenvalue weighted by molar-refractivity contribution is -0.209. The summed E-state index contributed by atoms with van der Waals surface area (Å²) in [5.74, 6) is -4.51. The topological polar surface area (TPSA) is 26.3 Å². The van der Waals surface area contributed by atoms with Crippen LogP contribution in [0.15, 0.2) is 30.3 Å². The van der Waals surface area contributed by atoms with Crippen LogP contribution in [-0.4, -0.2) is 11.9 Å². The zero-order valence-electron chi connectivity index (χ0n) is 10.8. The minimum absolute atomic E-state index is 0.0494. The number of hydrogen-bond acceptors (Lipinski definition) is 2. The zero-order chi connectivity index (χ0) is 13.7. The van der Waals surface area contributed by atoms with Crippen LogP contribution in [0.25, 0.3) is 0 Å². The van der Waals surface area contributed by atoms with Gasteiger partial charge in [0.05, 0.1) is 5.92 Å². The van der Waals surface area contributed by atoms with Crippen molar-refractivity contribution in [2.75, 3.05) is 0 Å². The molecule has 1 saturated heterocycles. The molecule has 4 aliphatic rings. The summed E-state index contributed by atoms with van der Waals surface area (Å²) in [5.41, 5.74) is -1.22. The smallest absolute Gasteiger partial charge is 0.310 e. The number of benzene rings is 1. The Bertz CT molecular complexity index is 614. The number of hydrogen-bond donors (Lipinski definition) is 0. The molecule has 1 aliphatic heterocycles. The van der Waals surface area contributed by atoms with E-state index in [4.69, 9.17) is 4.74 Å².